The average molecular weight is 237 g/mol. The molecule has 0 saturated carbocycles. The molecule has 17 heavy (non-hydrogen) atoms. The largest absolute Gasteiger partial charge is 0.476 e. The molecule has 0 atom stereocenters. The Bertz CT molecular complexity index is 448. The van der Waals surface area contributed by atoms with Crippen molar-refractivity contribution in [2.45, 2.75) is 19.9 Å². The number of aromatic nitrogens is 2. The first-order valence-electron chi connectivity index (χ1n) is 5.54. The molecule has 0 bridgehead atoms. The zero-order valence-corrected chi connectivity index (χ0v) is 9.68. The lowest BCUT2D eigenvalue weighted by Crippen LogP contribution is -2.35. The van der Waals surface area contributed by atoms with Crippen molar-refractivity contribution >= 4 is 5.97 Å². The number of carboxylic acids is 1. The highest BCUT2D eigenvalue weighted by atomic mass is 16.4. The third kappa shape index (κ3) is 2.42. The van der Waals surface area contributed by atoms with Crippen LogP contribution in [0.1, 0.15) is 27.6 Å². The van der Waals surface area contributed by atoms with Crippen LogP contribution in [0.5, 0.6) is 0 Å². The molecule has 0 amide bonds. The van der Waals surface area contributed by atoms with Crippen LogP contribution < -0.4 is 0 Å². The predicted octanol–water partition coefficient (Wildman–Crippen LogP) is -0.166. The maximum atomic E-state index is 11.1. The van der Waals surface area contributed by atoms with Crippen molar-refractivity contribution in [1.82, 2.24) is 14.9 Å². The van der Waals surface area contributed by atoms with Gasteiger partial charge in [-0.15, -0.1) is 0 Å². The van der Waals surface area contributed by atoms with Crippen LogP contribution in [0, 0.1) is 6.92 Å². The fourth-order valence-corrected chi connectivity index (χ4v) is 2.10. The molecule has 2 rings (SSSR count). The number of fused-ring (bicyclic) bond motifs is 1. The van der Waals surface area contributed by atoms with Crippen molar-refractivity contribution in [3.63, 3.8) is 0 Å². The first-order chi connectivity index (χ1) is 8.11. The number of aryl methyl sites for hydroxylation is 1. The molecule has 1 aromatic heterocycles. The van der Waals surface area contributed by atoms with Crippen LogP contribution in [0.15, 0.2) is 0 Å². The summed E-state index contributed by atoms with van der Waals surface area (Å²) in [6.07, 6.45) is 0.707. The number of aliphatic hydroxyl groups excluding tert-OH is 1. The summed E-state index contributed by atoms with van der Waals surface area (Å²) in [6.45, 7) is 3.62. The molecule has 1 aromatic rings. The Morgan fingerprint density at radius 1 is 1.47 bits per heavy atom. The van der Waals surface area contributed by atoms with Crippen molar-refractivity contribution < 1.29 is 15.0 Å². The number of hydrogen-bond donors (Lipinski definition) is 2. The lowest BCUT2D eigenvalue weighted by Gasteiger charge is -2.28. The van der Waals surface area contributed by atoms with Crippen molar-refractivity contribution in [1.29, 1.82) is 0 Å². The van der Waals surface area contributed by atoms with Crippen LogP contribution in [0.3, 0.4) is 0 Å². The summed E-state index contributed by atoms with van der Waals surface area (Å²) in [5, 5.41) is 18.0. The molecule has 6 nitrogen and oxygen atoms in total. The molecule has 0 spiro atoms. The van der Waals surface area contributed by atoms with Gasteiger partial charge in [-0.1, -0.05) is 0 Å². The second-order valence-electron chi connectivity index (χ2n) is 4.10. The fraction of sp³-hybridized carbons (Fsp3) is 0.545. The summed E-state index contributed by atoms with van der Waals surface area (Å²) < 4.78 is 0. The molecule has 0 saturated heterocycles. The Labute approximate surface area is 98.9 Å². The van der Waals surface area contributed by atoms with Gasteiger partial charge in [-0.25, -0.2) is 14.8 Å². The molecule has 1 aliphatic heterocycles. The molecule has 0 aromatic carbocycles. The minimum absolute atomic E-state index is 0.0739. The molecule has 0 unspecified atom stereocenters. The molecule has 6 heteroatoms. The maximum Gasteiger partial charge on any atom is 0.354 e. The average Bonchev–Trinajstić information content (AvgIpc) is 2.28. The van der Waals surface area contributed by atoms with Gasteiger partial charge in [-0.2, -0.15) is 0 Å². The normalized spacial score (nSPS) is 15.6. The Morgan fingerprint density at radius 3 is 2.88 bits per heavy atom. The summed E-state index contributed by atoms with van der Waals surface area (Å²) >= 11 is 0. The van der Waals surface area contributed by atoms with Gasteiger partial charge < -0.3 is 10.2 Å². The molecule has 0 fully saturated rings. The Balaban J connectivity index is 2.37. The molecule has 2 heterocycles. The highest BCUT2D eigenvalue weighted by molar-refractivity contribution is 5.87. The smallest absolute Gasteiger partial charge is 0.354 e. The van der Waals surface area contributed by atoms with E-state index in [1.54, 1.807) is 6.92 Å². The Kier molecular flexibility index (Phi) is 3.35. The molecule has 0 radical (unpaired) electrons. The van der Waals surface area contributed by atoms with E-state index in [2.05, 4.69) is 9.97 Å². The van der Waals surface area contributed by atoms with Gasteiger partial charge in [-0.05, 0) is 6.92 Å². The van der Waals surface area contributed by atoms with Crippen molar-refractivity contribution in [3.05, 3.63) is 22.8 Å². The van der Waals surface area contributed by atoms with E-state index in [0.717, 1.165) is 12.2 Å². The summed E-state index contributed by atoms with van der Waals surface area (Å²) in [5.41, 5.74) is 1.60. The number of nitrogens with zero attached hydrogens (tertiary/aromatic N) is 3. The van der Waals surface area contributed by atoms with Gasteiger partial charge in [0.15, 0.2) is 5.69 Å². The minimum atomic E-state index is -1.02. The van der Waals surface area contributed by atoms with Crippen LogP contribution >= 0.6 is 0 Å². The number of aliphatic hydroxyl groups is 1. The zero-order valence-electron chi connectivity index (χ0n) is 9.68. The summed E-state index contributed by atoms with van der Waals surface area (Å²) in [7, 11) is 0. The predicted molar refractivity (Wildman–Crippen MR) is 59.8 cm³/mol. The van der Waals surface area contributed by atoms with E-state index in [-0.39, 0.29) is 12.3 Å². The number of carbonyl (C=O) groups is 1. The molecule has 0 aliphatic carbocycles. The number of carboxylic acid groups (broad SMARTS) is 1. The molecule has 92 valence electrons. The lowest BCUT2D eigenvalue weighted by atomic mass is 10.0. The van der Waals surface area contributed by atoms with Crippen molar-refractivity contribution in [2.75, 3.05) is 19.7 Å². The van der Waals surface area contributed by atoms with Gasteiger partial charge in [0.05, 0.1) is 12.3 Å². The van der Waals surface area contributed by atoms with E-state index in [9.17, 15) is 4.79 Å². The van der Waals surface area contributed by atoms with E-state index in [1.807, 2.05) is 4.90 Å². The summed E-state index contributed by atoms with van der Waals surface area (Å²) in [4.78, 5) is 21.4. The first-order valence-corrected chi connectivity index (χ1v) is 5.54. The van der Waals surface area contributed by atoms with Gasteiger partial charge in [0.2, 0.25) is 0 Å². The Morgan fingerprint density at radius 2 is 2.24 bits per heavy atom. The zero-order chi connectivity index (χ0) is 12.4. The van der Waals surface area contributed by atoms with E-state index < -0.39 is 5.97 Å². The van der Waals surface area contributed by atoms with Crippen LogP contribution in [0.2, 0.25) is 0 Å². The highest BCUT2D eigenvalue weighted by Gasteiger charge is 2.24. The molecular weight excluding hydrogens is 222 g/mol. The van der Waals surface area contributed by atoms with Gasteiger partial charge in [-0.3, -0.25) is 4.90 Å². The van der Waals surface area contributed by atoms with E-state index in [0.29, 0.717) is 30.9 Å². The summed E-state index contributed by atoms with van der Waals surface area (Å²) in [5.74, 6) is -0.519. The van der Waals surface area contributed by atoms with Gasteiger partial charge in [0, 0.05) is 31.6 Å². The quantitative estimate of drug-likeness (QED) is 0.759. The molecular formula is C11H15N3O3. The monoisotopic (exact) mass is 237 g/mol. The molecule has 1 aliphatic rings. The standard InChI is InChI=1S/C11H15N3O3/c1-7-12-9-2-3-14(4-5-15)6-8(9)10(13-7)11(16)17/h15H,2-6H2,1H3,(H,16,17). The molecule has 2 N–H and O–H groups in total. The van der Waals surface area contributed by atoms with E-state index in [1.165, 1.54) is 0 Å². The lowest BCUT2D eigenvalue weighted by molar-refractivity contribution is 0.0685. The van der Waals surface area contributed by atoms with E-state index in [4.69, 9.17) is 10.2 Å². The van der Waals surface area contributed by atoms with Crippen LogP contribution in [-0.4, -0.2) is 50.7 Å². The van der Waals surface area contributed by atoms with Crippen molar-refractivity contribution in [3.8, 4) is 0 Å². The van der Waals surface area contributed by atoms with Crippen LogP contribution in [0.25, 0.3) is 0 Å². The van der Waals surface area contributed by atoms with Gasteiger partial charge >= 0.3 is 5.97 Å². The minimum Gasteiger partial charge on any atom is -0.476 e. The number of hydrogen-bond acceptors (Lipinski definition) is 5. The second-order valence-corrected chi connectivity index (χ2v) is 4.10. The number of rotatable bonds is 3. The van der Waals surface area contributed by atoms with Gasteiger partial charge in [0.25, 0.3) is 0 Å². The first kappa shape index (κ1) is 11.9. The Hall–Kier alpha value is -1.53. The highest BCUT2D eigenvalue weighted by Crippen LogP contribution is 2.20. The van der Waals surface area contributed by atoms with Crippen LogP contribution in [-0.2, 0) is 13.0 Å². The van der Waals surface area contributed by atoms with Crippen LogP contribution in [0.4, 0.5) is 0 Å². The fourth-order valence-electron chi connectivity index (χ4n) is 2.10. The van der Waals surface area contributed by atoms with Crippen molar-refractivity contribution in [2.24, 2.45) is 0 Å². The third-order valence-electron chi connectivity index (χ3n) is 2.87. The number of β-amino-alcohol motifs (C(OH)–C–C–N with tert-alkyl or cyclic N) is 1. The van der Waals surface area contributed by atoms with E-state index >= 15 is 0 Å². The second kappa shape index (κ2) is 4.77. The van der Waals surface area contributed by atoms with Gasteiger partial charge in [0.1, 0.15) is 5.82 Å². The topological polar surface area (TPSA) is 86.5 Å². The third-order valence-corrected chi connectivity index (χ3v) is 2.87. The number of aromatic carboxylic acids is 1. The summed E-state index contributed by atoms with van der Waals surface area (Å²) in [6, 6.07) is 0. The maximum absolute atomic E-state index is 11.1. The SMILES string of the molecule is Cc1nc2c(c(C(=O)O)n1)CN(CCO)CC2.